The Morgan fingerprint density at radius 3 is 2.54 bits per heavy atom. The number of anilines is 1. The molecule has 1 unspecified atom stereocenters. The third-order valence-corrected chi connectivity index (χ3v) is 5.23. The zero-order chi connectivity index (χ0) is 24.9. The monoisotopic (exact) mass is 472 g/mol. The van der Waals surface area contributed by atoms with Crippen molar-refractivity contribution in [2.45, 2.75) is 19.6 Å². The molecule has 0 saturated heterocycles. The summed E-state index contributed by atoms with van der Waals surface area (Å²) in [6.07, 6.45) is -0.173. The van der Waals surface area contributed by atoms with Gasteiger partial charge in [-0.15, -0.1) is 0 Å². The van der Waals surface area contributed by atoms with E-state index < -0.39 is 35.0 Å². The molecule has 0 spiro atoms. The lowest BCUT2D eigenvalue weighted by Gasteiger charge is -2.18. The number of carbonyl (C=O) groups is 2. The van der Waals surface area contributed by atoms with Crippen LogP contribution in [0.2, 0.25) is 0 Å². The predicted octanol–water partition coefficient (Wildman–Crippen LogP) is 3.54. The van der Waals surface area contributed by atoms with Crippen LogP contribution in [0.5, 0.6) is 0 Å². The van der Waals surface area contributed by atoms with Crippen LogP contribution in [0.25, 0.3) is 10.9 Å². The Hall–Kier alpha value is -4.86. The molecule has 1 aromatic heterocycles. The summed E-state index contributed by atoms with van der Waals surface area (Å²) < 4.78 is 6.55. The van der Waals surface area contributed by atoms with Gasteiger partial charge in [-0.3, -0.25) is 29.1 Å². The van der Waals surface area contributed by atoms with Crippen LogP contribution in [0.3, 0.4) is 0 Å². The quantitative estimate of drug-likeness (QED) is 0.247. The van der Waals surface area contributed by atoms with E-state index in [1.807, 2.05) is 0 Å². The maximum atomic E-state index is 13.1. The van der Waals surface area contributed by atoms with Gasteiger partial charge in [0.2, 0.25) is 6.10 Å². The third-order valence-electron chi connectivity index (χ3n) is 5.23. The molecule has 0 aliphatic rings. The van der Waals surface area contributed by atoms with Crippen LogP contribution >= 0.6 is 0 Å². The molecule has 0 bridgehead atoms. The highest BCUT2D eigenvalue weighted by Crippen LogP contribution is 2.27. The number of esters is 1. The molecule has 0 saturated carbocycles. The zero-order valence-electron chi connectivity index (χ0n) is 18.6. The fourth-order valence-electron chi connectivity index (χ4n) is 3.52. The average Bonchev–Trinajstić information content (AvgIpc) is 2.86. The molecule has 1 amide bonds. The van der Waals surface area contributed by atoms with E-state index in [-0.39, 0.29) is 11.4 Å². The highest BCUT2D eigenvalue weighted by molar-refractivity contribution is 5.97. The van der Waals surface area contributed by atoms with Crippen LogP contribution in [0, 0.1) is 17.0 Å². The number of fused-ring (bicyclic) bond motifs is 1. The second-order valence-electron chi connectivity index (χ2n) is 7.74. The minimum atomic E-state index is -1.41. The lowest BCUT2D eigenvalue weighted by Crippen LogP contribution is -2.30. The Morgan fingerprint density at radius 2 is 1.80 bits per heavy atom. The van der Waals surface area contributed by atoms with Crippen molar-refractivity contribution in [1.29, 1.82) is 0 Å². The van der Waals surface area contributed by atoms with Crippen molar-refractivity contribution in [2.75, 3.05) is 5.32 Å². The van der Waals surface area contributed by atoms with Crippen molar-refractivity contribution in [3.63, 3.8) is 0 Å². The molecule has 10 nitrogen and oxygen atoms in total. The molecule has 0 fully saturated rings. The predicted molar refractivity (Wildman–Crippen MR) is 128 cm³/mol. The van der Waals surface area contributed by atoms with E-state index in [0.29, 0.717) is 22.0 Å². The number of ether oxygens (including phenoxy) is 1. The standard InChI is InChI=1S/C25H20N4O6/c1-16-11-12-20(21(13-16)29(33)34)27-24(31)23(17-7-3-2-4-8-17)35-22(30)14-28-15-26-19-10-6-5-9-18(19)25(28)32/h2-13,15,23H,14H2,1H3,(H,27,31). The van der Waals surface area contributed by atoms with Crippen LogP contribution in [0.15, 0.2) is 83.9 Å². The second kappa shape index (κ2) is 9.96. The van der Waals surface area contributed by atoms with E-state index in [2.05, 4.69) is 10.3 Å². The lowest BCUT2D eigenvalue weighted by atomic mass is 10.1. The first kappa shape index (κ1) is 23.3. The number of nitro benzene ring substituents is 1. The van der Waals surface area contributed by atoms with E-state index >= 15 is 0 Å². The van der Waals surface area contributed by atoms with Crippen molar-refractivity contribution in [2.24, 2.45) is 0 Å². The van der Waals surface area contributed by atoms with Crippen LogP contribution in [0.1, 0.15) is 17.2 Å². The van der Waals surface area contributed by atoms with Gasteiger partial charge in [-0.1, -0.05) is 48.5 Å². The molecule has 176 valence electrons. The average molecular weight is 472 g/mol. The minimum absolute atomic E-state index is 0.0301. The number of aromatic nitrogens is 2. The van der Waals surface area contributed by atoms with E-state index in [0.717, 1.165) is 4.57 Å². The first-order valence-corrected chi connectivity index (χ1v) is 10.6. The number of hydrogen-bond donors (Lipinski definition) is 1. The summed E-state index contributed by atoms with van der Waals surface area (Å²) in [6, 6.07) is 19.3. The van der Waals surface area contributed by atoms with Gasteiger partial charge in [0.15, 0.2) is 0 Å². The number of hydrogen-bond acceptors (Lipinski definition) is 7. The Kier molecular flexibility index (Phi) is 6.63. The number of benzene rings is 3. The number of para-hydroxylation sites is 1. The van der Waals surface area contributed by atoms with Crippen LogP contribution < -0.4 is 10.9 Å². The molecule has 1 heterocycles. The van der Waals surface area contributed by atoms with Crippen LogP contribution in [-0.2, 0) is 20.9 Å². The molecular weight excluding hydrogens is 452 g/mol. The molecule has 4 aromatic rings. The topological polar surface area (TPSA) is 133 Å². The minimum Gasteiger partial charge on any atom is -0.446 e. The lowest BCUT2D eigenvalue weighted by molar-refractivity contribution is -0.384. The highest BCUT2D eigenvalue weighted by atomic mass is 16.6. The summed E-state index contributed by atoms with van der Waals surface area (Å²) in [5, 5.41) is 14.3. The summed E-state index contributed by atoms with van der Waals surface area (Å²) in [7, 11) is 0. The second-order valence-corrected chi connectivity index (χ2v) is 7.74. The van der Waals surface area contributed by atoms with E-state index in [1.165, 1.54) is 18.5 Å². The van der Waals surface area contributed by atoms with E-state index in [1.54, 1.807) is 67.6 Å². The third kappa shape index (κ3) is 5.22. The summed E-state index contributed by atoms with van der Waals surface area (Å²) in [4.78, 5) is 53.6. The summed E-state index contributed by atoms with van der Waals surface area (Å²) >= 11 is 0. The molecule has 10 heteroatoms. The first-order valence-electron chi connectivity index (χ1n) is 10.6. The molecule has 1 atom stereocenters. The van der Waals surface area contributed by atoms with Gasteiger partial charge in [0.05, 0.1) is 22.2 Å². The smallest absolute Gasteiger partial charge is 0.327 e. The van der Waals surface area contributed by atoms with Crippen molar-refractivity contribution >= 4 is 34.2 Å². The Balaban J connectivity index is 1.59. The fourth-order valence-corrected chi connectivity index (χ4v) is 3.52. The summed E-state index contributed by atoms with van der Waals surface area (Å²) in [6.45, 7) is 1.22. The van der Waals surface area contributed by atoms with Crippen LogP contribution in [-0.4, -0.2) is 26.4 Å². The molecule has 35 heavy (non-hydrogen) atoms. The molecule has 3 aromatic carbocycles. The van der Waals surface area contributed by atoms with Crippen molar-refractivity contribution < 1.29 is 19.2 Å². The molecule has 1 N–H and O–H groups in total. The number of nitrogens with zero attached hydrogens (tertiary/aromatic N) is 3. The van der Waals surface area contributed by atoms with Gasteiger partial charge < -0.3 is 10.1 Å². The molecule has 0 aliphatic carbocycles. The number of rotatable bonds is 7. The maximum absolute atomic E-state index is 13.1. The fraction of sp³-hybridized carbons (Fsp3) is 0.120. The highest BCUT2D eigenvalue weighted by Gasteiger charge is 2.27. The van der Waals surface area contributed by atoms with Crippen molar-refractivity contribution in [3.05, 3.63) is 111 Å². The normalized spacial score (nSPS) is 11.6. The Morgan fingerprint density at radius 1 is 1.09 bits per heavy atom. The van der Waals surface area contributed by atoms with Crippen molar-refractivity contribution in [1.82, 2.24) is 9.55 Å². The number of nitrogens with one attached hydrogen (secondary N) is 1. The number of amides is 1. The molecule has 0 radical (unpaired) electrons. The van der Waals surface area contributed by atoms with Gasteiger partial charge in [0.25, 0.3) is 17.2 Å². The SMILES string of the molecule is Cc1ccc(NC(=O)C(OC(=O)Cn2cnc3ccccc3c2=O)c2ccccc2)c([N+](=O)[O-])c1. The zero-order valence-corrected chi connectivity index (χ0v) is 18.6. The van der Waals surface area contributed by atoms with Gasteiger partial charge in [-0.2, -0.15) is 0 Å². The van der Waals surface area contributed by atoms with Gasteiger partial charge in [-0.05, 0) is 30.7 Å². The Labute approximate surface area is 199 Å². The summed E-state index contributed by atoms with van der Waals surface area (Å²) in [5.41, 5.74) is 0.752. The summed E-state index contributed by atoms with van der Waals surface area (Å²) in [5.74, 6) is -1.63. The number of nitro groups is 1. The number of aryl methyl sites for hydroxylation is 1. The maximum Gasteiger partial charge on any atom is 0.327 e. The molecule has 0 aliphatic heterocycles. The largest absolute Gasteiger partial charge is 0.446 e. The van der Waals surface area contributed by atoms with Crippen LogP contribution in [0.4, 0.5) is 11.4 Å². The number of carbonyl (C=O) groups excluding carboxylic acids is 2. The van der Waals surface area contributed by atoms with E-state index in [9.17, 15) is 24.5 Å². The first-order chi connectivity index (χ1) is 16.8. The van der Waals surface area contributed by atoms with Gasteiger partial charge in [0, 0.05) is 11.6 Å². The van der Waals surface area contributed by atoms with Gasteiger partial charge in [0.1, 0.15) is 12.2 Å². The molecular formula is C25H20N4O6. The van der Waals surface area contributed by atoms with Gasteiger partial charge >= 0.3 is 5.97 Å². The Bertz CT molecular complexity index is 1480. The van der Waals surface area contributed by atoms with Crippen molar-refractivity contribution in [3.8, 4) is 0 Å². The van der Waals surface area contributed by atoms with Gasteiger partial charge in [-0.25, -0.2) is 4.98 Å². The molecule has 4 rings (SSSR count). The van der Waals surface area contributed by atoms with E-state index in [4.69, 9.17) is 4.74 Å².